The topological polar surface area (TPSA) is 216 Å². The van der Waals surface area contributed by atoms with Gasteiger partial charge in [0.25, 0.3) is 0 Å². The molecule has 0 bridgehead atoms. The fourth-order valence-corrected chi connectivity index (χ4v) is 12.1. The highest BCUT2D eigenvalue weighted by Crippen LogP contribution is 2.40. The van der Waals surface area contributed by atoms with Crippen LogP contribution in [-0.4, -0.2) is 104 Å². The van der Waals surface area contributed by atoms with Crippen molar-refractivity contribution in [2.45, 2.75) is 87.0 Å². The first kappa shape index (κ1) is 92.8. The first-order valence-corrected chi connectivity index (χ1v) is 38.8. The Hall–Kier alpha value is -14.1. The standard InChI is InChI=1S/C25H26F2N2O3.C24H25FN2O4.C23H21F3N2O3.C22H20F2N2O3/c1-17-7-4-10-23(24(17)27)32-25-21(9-6-14-28-25)29(18(2)30)16-20-15-19(8-5-13-26)11-12-22(20)31-3;1-17-6-8-20(9-7-17)31-24-22(5-4-13-26-24)27(18(2)28)16-19-15-21(30-14-12-25)10-11-23(19)29-3;1-16(29)28(15-17-7-2-3-11-21(17)30-14-6-12-24)20-10-5-13-27-23(20)31-22-18(25)8-4-9-19(22)26;1-16(27)26(15-17-7-2-4-10-20(17)28-14-12-23)19-9-6-13-25-22(19)29-21-11-5-3-8-18(21)24/h4,6-7,9-12,14-15H,5,8,13,16H2,1-3H3;4-11,13,15H,12,14,16H2,1-3H3;2-5,7-11,13H,6,12,14-15H2,1H3;2-11,13H,12,14-15H2,1H3/i26-1;25-1;24-1;23-1. The number of alkyl halides is 4. The second kappa shape index (κ2) is 47.6. The third kappa shape index (κ3) is 26.9. The molecule has 4 heterocycles. The molecular weight excluding hydrogens is 1600 g/mol. The Morgan fingerprint density at radius 2 is 0.740 bits per heavy atom. The van der Waals surface area contributed by atoms with Gasteiger partial charge < -0.3 is 62.2 Å². The highest BCUT2D eigenvalue weighted by Gasteiger charge is 2.27. The van der Waals surface area contributed by atoms with Gasteiger partial charge in [-0.2, -0.15) is 0 Å². The molecule has 0 radical (unpaired) electrons. The van der Waals surface area contributed by atoms with Crippen LogP contribution >= 0.6 is 0 Å². The molecule has 642 valence electrons. The summed E-state index contributed by atoms with van der Waals surface area (Å²) in [5, 5.41) is 0. The summed E-state index contributed by atoms with van der Waals surface area (Å²) in [5.74, 6) is -0.748. The number of amides is 4. The summed E-state index contributed by atoms with van der Waals surface area (Å²) in [4.78, 5) is 72.7. The van der Waals surface area contributed by atoms with Crippen molar-refractivity contribution >= 4 is 46.4 Å². The van der Waals surface area contributed by atoms with Crippen LogP contribution in [0, 0.1) is 37.1 Å². The van der Waals surface area contributed by atoms with E-state index in [-0.39, 0.29) is 111 Å². The lowest BCUT2D eigenvalue weighted by atomic mass is 10.0. The maximum atomic E-state index is 14.5. The van der Waals surface area contributed by atoms with Gasteiger partial charge in [0.15, 0.2) is 34.8 Å². The number of nitrogens with zero attached hydrogens (tertiary/aromatic N) is 8. The Balaban J connectivity index is 0.000000186. The van der Waals surface area contributed by atoms with E-state index in [4.69, 9.17) is 42.6 Å². The number of benzene rings is 8. The number of carbonyl (C=O) groups is 4. The van der Waals surface area contributed by atoms with Crippen molar-refractivity contribution in [3.63, 3.8) is 0 Å². The first-order chi connectivity index (χ1) is 59.6. The number of para-hydroxylation sites is 4. The van der Waals surface area contributed by atoms with Crippen molar-refractivity contribution in [2.24, 2.45) is 0 Å². The van der Waals surface area contributed by atoms with E-state index < -0.39 is 55.7 Å². The molecule has 0 saturated carbocycles. The smallest absolute Gasteiger partial charge is 0.243 e. The predicted octanol–water partition coefficient (Wildman–Crippen LogP) is 21.2. The van der Waals surface area contributed by atoms with E-state index in [2.05, 4.69) is 19.9 Å². The Bertz CT molecular complexity index is 5450. The number of aromatic nitrogens is 4. The number of pyridine rings is 4. The molecule has 8 aromatic carbocycles. The average Bonchev–Trinajstić information content (AvgIpc) is 0.840. The van der Waals surface area contributed by atoms with Crippen LogP contribution in [-0.2, 0) is 51.8 Å². The van der Waals surface area contributed by atoms with Gasteiger partial charge in [-0.1, -0.05) is 96.6 Å². The minimum atomic E-state index is -0.891. The van der Waals surface area contributed by atoms with Crippen LogP contribution in [0.3, 0.4) is 0 Å². The zero-order chi connectivity index (χ0) is 88.2. The van der Waals surface area contributed by atoms with E-state index in [9.17, 15) is 54.3 Å². The lowest BCUT2D eigenvalue weighted by molar-refractivity contribution is -0.117. The molecule has 0 saturated heterocycles. The number of anilines is 4. The summed E-state index contributed by atoms with van der Waals surface area (Å²) in [6, 6.07) is 60.0. The van der Waals surface area contributed by atoms with Crippen LogP contribution in [0.25, 0.3) is 0 Å². The van der Waals surface area contributed by atoms with Gasteiger partial charge in [0.1, 0.15) is 83.8 Å². The molecule has 12 rings (SSSR count). The number of hydrogen-bond donors (Lipinski definition) is 0. The van der Waals surface area contributed by atoms with Crippen molar-refractivity contribution in [1.82, 2.24) is 19.9 Å². The van der Waals surface area contributed by atoms with Crippen molar-refractivity contribution in [3.8, 4) is 75.3 Å². The Labute approximate surface area is 707 Å². The zero-order valence-electron chi connectivity index (χ0n) is 68.9. The van der Waals surface area contributed by atoms with Crippen LogP contribution in [0.5, 0.6) is 75.3 Å². The molecule has 0 fully saturated rings. The van der Waals surface area contributed by atoms with Crippen molar-refractivity contribution in [3.05, 3.63) is 305 Å². The fraction of sp³-hybridized carbons (Fsp3) is 0.234. The summed E-state index contributed by atoms with van der Waals surface area (Å²) >= 11 is 0. The Morgan fingerprint density at radius 1 is 0.341 bits per heavy atom. The monoisotopic (exact) mass is 1690 g/mol. The number of methoxy groups -OCH3 is 2. The molecule has 0 aliphatic heterocycles. The van der Waals surface area contributed by atoms with E-state index in [1.807, 2.05) is 49.4 Å². The molecule has 123 heavy (non-hydrogen) atoms. The Kier molecular flexibility index (Phi) is 35.9. The average molecular weight is 1690 g/mol. The summed E-state index contributed by atoms with van der Waals surface area (Å²) in [5.41, 5.74) is 6.87. The van der Waals surface area contributed by atoms with E-state index in [1.54, 1.807) is 172 Å². The molecule has 0 unspecified atom stereocenters. The summed E-state index contributed by atoms with van der Waals surface area (Å²) in [6.45, 7) is 7.90. The first-order valence-electron chi connectivity index (χ1n) is 38.8. The number of halogens is 8. The lowest BCUT2D eigenvalue weighted by Gasteiger charge is -2.24. The molecule has 0 N–H and O–H groups in total. The molecule has 0 aliphatic rings. The number of aryl methyl sites for hydroxylation is 3. The predicted molar refractivity (Wildman–Crippen MR) is 452 cm³/mol. The van der Waals surface area contributed by atoms with Gasteiger partial charge >= 0.3 is 0 Å². The lowest BCUT2D eigenvalue weighted by Crippen LogP contribution is -2.28. The summed E-state index contributed by atoms with van der Waals surface area (Å²) in [7, 11) is 3.10. The van der Waals surface area contributed by atoms with E-state index >= 15 is 0 Å². The van der Waals surface area contributed by atoms with Crippen LogP contribution < -0.4 is 62.2 Å². The number of hydrogen-bond acceptors (Lipinski definition) is 17. The number of carbonyl (C=O) groups excluding carboxylic acids is 4. The van der Waals surface area contributed by atoms with Gasteiger partial charge in [-0.05, 0) is 165 Å². The number of ether oxygens (including phenoxy) is 9. The second-order valence-corrected chi connectivity index (χ2v) is 26.9. The van der Waals surface area contributed by atoms with Gasteiger partial charge in [0, 0.05) is 81.2 Å². The maximum absolute atomic E-state index is 14.5. The van der Waals surface area contributed by atoms with Gasteiger partial charge in [-0.15, -0.1) is 0 Å². The molecule has 29 heteroatoms. The highest BCUT2D eigenvalue weighted by molar-refractivity contribution is 5.95. The molecule has 4 aromatic heterocycles. The van der Waals surface area contributed by atoms with Gasteiger partial charge in [0.2, 0.25) is 52.9 Å². The highest BCUT2D eigenvalue weighted by atomic mass is 19.1. The van der Waals surface area contributed by atoms with Crippen LogP contribution in [0.4, 0.5) is 57.9 Å². The van der Waals surface area contributed by atoms with Crippen LogP contribution in [0.15, 0.2) is 243 Å². The Morgan fingerprint density at radius 3 is 1.22 bits per heavy atom. The van der Waals surface area contributed by atoms with Gasteiger partial charge in [0.05, 0.1) is 60.4 Å². The van der Waals surface area contributed by atoms with E-state index in [0.29, 0.717) is 92.5 Å². The quantitative estimate of drug-likeness (QED) is 0.0266. The summed E-state index contributed by atoms with van der Waals surface area (Å²) in [6.07, 6.45) is 7.27. The maximum Gasteiger partial charge on any atom is 0.243 e. The zero-order valence-corrected chi connectivity index (χ0v) is 68.9. The molecule has 0 spiro atoms. The van der Waals surface area contributed by atoms with Crippen LogP contribution in [0.2, 0.25) is 0 Å². The SMILES string of the molecule is CC(=O)N(Cc1ccccc1OCCC[18F])c1cccnc1Oc1c(F)cccc1F.CC(=O)N(Cc1ccccc1OCC[18F])c1cccnc1Oc1ccccc1F.COc1ccc(CCC[18F])cc1CN(C(C)=O)c1cccnc1Oc1cccc(C)c1F.COc1ccc(OCC[18F])cc1CN(C(C)=O)c1cccnc1Oc1ccc(C)cc1. The van der Waals surface area contributed by atoms with Gasteiger partial charge in [-0.3, -0.25) is 28.0 Å². The minimum Gasteiger partial charge on any atom is -0.496 e. The third-order valence-corrected chi connectivity index (χ3v) is 18.1. The van der Waals surface area contributed by atoms with Gasteiger partial charge in [-0.25, -0.2) is 46.3 Å². The van der Waals surface area contributed by atoms with E-state index in [1.165, 1.54) is 85.3 Å². The van der Waals surface area contributed by atoms with E-state index in [0.717, 1.165) is 28.8 Å². The fourth-order valence-electron chi connectivity index (χ4n) is 12.1. The molecule has 12 aromatic rings. The van der Waals surface area contributed by atoms with Crippen molar-refractivity contribution in [2.75, 3.05) is 80.3 Å². The second-order valence-electron chi connectivity index (χ2n) is 26.9. The molecule has 21 nitrogen and oxygen atoms in total. The van der Waals surface area contributed by atoms with Crippen molar-refractivity contribution in [1.29, 1.82) is 0 Å². The largest absolute Gasteiger partial charge is 0.496 e. The number of rotatable bonds is 35. The molecular formula is C94H92F8N8O13. The third-order valence-electron chi connectivity index (χ3n) is 18.1. The minimum absolute atomic E-state index is 0.00244. The normalized spacial score (nSPS) is 10.5. The molecule has 4 amide bonds. The van der Waals surface area contributed by atoms with Crippen LogP contribution in [0.1, 0.15) is 79.5 Å². The van der Waals surface area contributed by atoms with Crippen molar-refractivity contribution < 1.29 is 96.9 Å². The molecule has 0 atom stereocenters. The summed E-state index contributed by atoms with van der Waals surface area (Å²) < 4.78 is 157. The molecule has 0 aliphatic carbocycles.